The first-order valence-electron chi connectivity index (χ1n) is 6.24. The van der Waals surface area contributed by atoms with Crippen molar-refractivity contribution in [3.8, 4) is 0 Å². The number of hydrogen-bond acceptors (Lipinski definition) is 1. The average molecular weight is 347 g/mol. The van der Waals surface area contributed by atoms with E-state index >= 15 is 0 Å². The Labute approximate surface area is 137 Å². The van der Waals surface area contributed by atoms with Crippen molar-refractivity contribution >= 4 is 52.1 Å². The van der Waals surface area contributed by atoms with Crippen LogP contribution >= 0.6 is 46.4 Å². The molecule has 0 radical (unpaired) electrons. The van der Waals surface area contributed by atoms with Gasteiger partial charge in [-0.1, -0.05) is 52.5 Å². The maximum absolute atomic E-state index is 6.21. The maximum Gasteiger partial charge on any atom is 0.0653 e. The molecule has 5 heteroatoms. The fraction of sp³-hybridized carbons (Fsp3) is 0.200. The third-order valence-corrected chi connectivity index (χ3v) is 4.79. The molecule has 1 unspecified atom stereocenters. The van der Waals surface area contributed by atoms with Gasteiger partial charge in [0.15, 0.2) is 0 Å². The van der Waals surface area contributed by atoms with Gasteiger partial charge < -0.3 is 5.32 Å². The van der Waals surface area contributed by atoms with Gasteiger partial charge in [0.05, 0.1) is 26.8 Å². The second-order valence-corrected chi connectivity index (χ2v) is 6.48. The molecule has 0 saturated carbocycles. The van der Waals surface area contributed by atoms with Crippen LogP contribution in [0.4, 0.5) is 5.69 Å². The zero-order valence-corrected chi connectivity index (χ0v) is 13.4. The van der Waals surface area contributed by atoms with Gasteiger partial charge in [-0.15, -0.1) is 0 Å². The van der Waals surface area contributed by atoms with Crippen LogP contribution in [0.1, 0.15) is 23.6 Å². The van der Waals surface area contributed by atoms with Crippen molar-refractivity contribution in [1.82, 2.24) is 0 Å². The van der Waals surface area contributed by atoms with Crippen LogP contribution in [0.5, 0.6) is 0 Å². The van der Waals surface area contributed by atoms with Gasteiger partial charge in [0.1, 0.15) is 0 Å². The molecular weight excluding hydrogens is 336 g/mol. The number of anilines is 1. The van der Waals surface area contributed by atoms with Crippen molar-refractivity contribution in [2.45, 2.75) is 18.9 Å². The topological polar surface area (TPSA) is 12.0 Å². The maximum atomic E-state index is 6.21. The van der Waals surface area contributed by atoms with Crippen LogP contribution in [0.2, 0.25) is 20.1 Å². The lowest BCUT2D eigenvalue weighted by molar-refractivity contribution is 0.762. The molecule has 20 heavy (non-hydrogen) atoms. The van der Waals surface area contributed by atoms with Crippen LogP contribution in [0.25, 0.3) is 0 Å². The van der Waals surface area contributed by atoms with Crippen LogP contribution < -0.4 is 5.32 Å². The molecule has 0 spiro atoms. The van der Waals surface area contributed by atoms with Crippen molar-refractivity contribution in [2.24, 2.45) is 0 Å². The number of fused-ring (bicyclic) bond motifs is 1. The van der Waals surface area contributed by atoms with E-state index in [9.17, 15) is 0 Å². The SMILES string of the molecule is Clc1ccc2c(c1)CCC2Nc1cc(Cl)c(Cl)cc1Cl. The van der Waals surface area contributed by atoms with E-state index in [0.29, 0.717) is 15.1 Å². The summed E-state index contributed by atoms with van der Waals surface area (Å²) in [5, 5.41) is 5.73. The second-order valence-electron chi connectivity index (χ2n) is 4.82. The fourth-order valence-corrected chi connectivity index (χ4v) is 3.35. The van der Waals surface area contributed by atoms with Gasteiger partial charge in [-0.3, -0.25) is 0 Å². The molecule has 1 atom stereocenters. The highest BCUT2D eigenvalue weighted by atomic mass is 35.5. The van der Waals surface area contributed by atoms with E-state index in [1.54, 1.807) is 12.1 Å². The Morgan fingerprint density at radius 3 is 2.45 bits per heavy atom. The Bertz CT molecular complexity index is 669. The van der Waals surface area contributed by atoms with Crippen molar-refractivity contribution in [2.75, 3.05) is 5.32 Å². The Morgan fingerprint density at radius 1 is 0.900 bits per heavy atom. The normalized spacial score (nSPS) is 17.1. The Kier molecular flexibility index (Phi) is 4.05. The number of aryl methyl sites for hydroxylation is 1. The van der Waals surface area contributed by atoms with Crippen LogP contribution in [-0.4, -0.2) is 0 Å². The monoisotopic (exact) mass is 345 g/mol. The molecule has 0 heterocycles. The van der Waals surface area contributed by atoms with Gasteiger partial charge in [-0.2, -0.15) is 0 Å². The van der Waals surface area contributed by atoms with Crippen molar-refractivity contribution in [3.63, 3.8) is 0 Å². The highest BCUT2D eigenvalue weighted by Crippen LogP contribution is 2.39. The average Bonchev–Trinajstić information content (AvgIpc) is 2.78. The predicted molar refractivity (Wildman–Crippen MR) is 87.6 cm³/mol. The summed E-state index contributed by atoms with van der Waals surface area (Å²) in [5.74, 6) is 0. The molecule has 0 aromatic heterocycles. The molecule has 0 saturated heterocycles. The largest absolute Gasteiger partial charge is 0.377 e. The summed E-state index contributed by atoms with van der Waals surface area (Å²) < 4.78 is 0. The third kappa shape index (κ3) is 2.73. The summed E-state index contributed by atoms with van der Waals surface area (Å²) in [7, 11) is 0. The van der Waals surface area contributed by atoms with Crippen LogP contribution in [0.15, 0.2) is 30.3 Å². The minimum atomic E-state index is 0.219. The lowest BCUT2D eigenvalue weighted by atomic mass is 10.1. The van der Waals surface area contributed by atoms with Gasteiger partial charge in [0.25, 0.3) is 0 Å². The van der Waals surface area contributed by atoms with E-state index in [-0.39, 0.29) is 6.04 Å². The molecule has 1 aliphatic carbocycles. The molecule has 1 aliphatic rings. The van der Waals surface area contributed by atoms with Gasteiger partial charge in [0.2, 0.25) is 0 Å². The molecule has 2 aromatic rings. The quantitative estimate of drug-likeness (QED) is 0.620. The molecular formula is C15H11Cl4N. The predicted octanol–water partition coefficient (Wildman–Crippen LogP) is 6.40. The highest BCUT2D eigenvalue weighted by Gasteiger charge is 2.23. The first-order chi connectivity index (χ1) is 9.54. The van der Waals surface area contributed by atoms with Gasteiger partial charge in [-0.25, -0.2) is 0 Å². The highest BCUT2D eigenvalue weighted by molar-refractivity contribution is 6.44. The molecule has 2 aromatic carbocycles. The van der Waals surface area contributed by atoms with Crippen molar-refractivity contribution < 1.29 is 0 Å². The van der Waals surface area contributed by atoms with E-state index in [0.717, 1.165) is 23.6 Å². The number of halogens is 4. The summed E-state index contributed by atoms with van der Waals surface area (Å²) in [6.45, 7) is 0. The number of rotatable bonds is 2. The van der Waals surface area contributed by atoms with Gasteiger partial charge in [0, 0.05) is 5.02 Å². The molecule has 3 rings (SSSR count). The summed E-state index contributed by atoms with van der Waals surface area (Å²) in [5.41, 5.74) is 3.34. The molecule has 104 valence electrons. The molecule has 1 N–H and O–H groups in total. The molecule has 0 fully saturated rings. The zero-order valence-electron chi connectivity index (χ0n) is 10.4. The number of nitrogens with one attached hydrogen (secondary N) is 1. The van der Waals surface area contributed by atoms with Crippen LogP contribution in [0.3, 0.4) is 0 Å². The minimum Gasteiger partial charge on any atom is -0.377 e. The molecule has 0 aliphatic heterocycles. The van der Waals surface area contributed by atoms with E-state index in [4.69, 9.17) is 46.4 Å². The molecule has 0 amide bonds. The van der Waals surface area contributed by atoms with Gasteiger partial charge in [-0.05, 0) is 48.2 Å². The zero-order chi connectivity index (χ0) is 14.3. The first-order valence-corrected chi connectivity index (χ1v) is 7.75. The standard InChI is InChI=1S/C15H11Cl4N/c16-9-2-3-10-8(5-9)1-4-14(10)20-15-7-12(18)11(17)6-13(15)19/h2-3,5-7,14,20H,1,4H2. The summed E-state index contributed by atoms with van der Waals surface area (Å²) in [4.78, 5) is 0. The fourth-order valence-electron chi connectivity index (χ4n) is 2.56. The van der Waals surface area contributed by atoms with E-state index < -0.39 is 0 Å². The van der Waals surface area contributed by atoms with Crippen molar-refractivity contribution in [3.05, 3.63) is 61.5 Å². The van der Waals surface area contributed by atoms with E-state index in [1.165, 1.54) is 11.1 Å². The molecule has 1 nitrogen and oxygen atoms in total. The van der Waals surface area contributed by atoms with Crippen molar-refractivity contribution in [1.29, 1.82) is 0 Å². The lowest BCUT2D eigenvalue weighted by Gasteiger charge is -2.17. The smallest absolute Gasteiger partial charge is 0.0653 e. The minimum absolute atomic E-state index is 0.219. The third-order valence-electron chi connectivity index (χ3n) is 3.52. The summed E-state index contributed by atoms with van der Waals surface area (Å²) >= 11 is 24.2. The first kappa shape index (κ1) is 14.3. The van der Waals surface area contributed by atoms with E-state index in [1.807, 2.05) is 12.1 Å². The summed E-state index contributed by atoms with van der Waals surface area (Å²) in [6, 6.07) is 9.64. The van der Waals surface area contributed by atoms with Crippen LogP contribution in [0, 0.1) is 0 Å². The number of hydrogen-bond donors (Lipinski definition) is 1. The summed E-state index contributed by atoms with van der Waals surface area (Å²) in [6.07, 6.45) is 2.01. The Hall–Kier alpha value is -0.600. The van der Waals surface area contributed by atoms with Crippen LogP contribution in [-0.2, 0) is 6.42 Å². The Balaban J connectivity index is 1.89. The van der Waals surface area contributed by atoms with Gasteiger partial charge >= 0.3 is 0 Å². The second kappa shape index (κ2) is 5.65. The lowest BCUT2D eigenvalue weighted by Crippen LogP contribution is -2.07. The Morgan fingerprint density at radius 2 is 1.65 bits per heavy atom. The molecule has 0 bridgehead atoms. The van der Waals surface area contributed by atoms with E-state index in [2.05, 4.69) is 11.4 Å². The number of benzene rings is 2.